The predicted molar refractivity (Wildman–Crippen MR) is 85.9 cm³/mol. The molecule has 0 aromatic heterocycles. The minimum absolute atomic E-state index is 0.0295. The van der Waals surface area contributed by atoms with Crippen molar-refractivity contribution in [2.24, 2.45) is 5.92 Å². The average molecular weight is 375 g/mol. The van der Waals surface area contributed by atoms with Crippen LogP contribution in [-0.2, 0) is 19.7 Å². The molecule has 0 unspecified atom stereocenters. The number of nitrogens with one attached hydrogen (secondary N) is 2. The molecule has 2 heterocycles. The Bertz CT molecular complexity index is 783. The molecule has 0 bridgehead atoms. The maximum Gasteiger partial charge on any atom is 0.280 e. The predicted octanol–water partition coefficient (Wildman–Crippen LogP) is 0.848. The van der Waals surface area contributed by atoms with Crippen molar-refractivity contribution >= 4 is 21.8 Å². The Morgan fingerprint density at radius 2 is 2.04 bits per heavy atom. The monoisotopic (exact) mass is 375 g/mol. The van der Waals surface area contributed by atoms with Gasteiger partial charge in [-0.2, -0.15) is 17.4 Å². The highest BCUT2D eigenvalue weighted by molar-refractivity contribution is 7.87. The maximum absolute atomic E-state index is 13.2. The van der Waals surface area contributed by atoms with Crippen LogP contribution in [0.15, 0.2) is 18.2 Å². The van der Waals surface area contributed by atoms with Gasteiger partial charge in [0.05, 0.1) is 24.7 Å². The van der Waals surface area contributed by atoms with Gasteiger partial charge in [-0.3, -0.25) is 4.79 Å². The first-order valence-electron chi connectivity index (χ1n) is 7.81. The number of ether oxygens (including phenoxy) is 1. The van der Waals surface area contributed by atoms with Gasteiger partial charge in [-0.25, -0.2) is 8.78 Å². The Labute approximate surface area is 144 Å². The molecule has 138 valence electrons. The zero-order chi connectivity index (χ0) is 18.2. The number of anilines is 1. The Kier molecular flexibility index (Phi) is 4.80. The second kappa shape index (κ2) is 6.60. The molecule has 1 aromatic carbocycles. The van der Waals surface area contributed by atoms with Crippen LogP contribution >= 0.6 is 0 Å². The van der Waals surface area contributed by atoms with Crippen LogP contribution in [0.1, 0.15) is 13.3 Å². The number of hydrogen-bond acceptors (Lipinski definition) is 4. The van der Waals surface area contributed by atoms with E-state index in [-0.39, 0.29) is 18.8 Å². The highest BCUT2D eigenvalue weighted by Crippen LogP contribution is 2.24. The number of nitrogens with zero attached hydrogens (tertiary/aromatic N) is 1. The minimum atomic E-state index is -3.72. The summed E-state index contributed by atoms with van der Waals surface area (Å²) in [7, 11) is -3.72. The van der Waals surface area contributed by atoms with Crippen LogP contribution in [0.5, 0.6) is 0 Å². The molecule has 2 aliphatic rings. The van der Waals surface area contributed by atoms with Crippen LogP contribution in [0, 0.1) is 17.6 Å². The molecule has 2 saturated heterocycles. The summed E-state index contributed by atoms with van der Waals surface area (Å²) in [5, 5.41) is 2.49. The van der Waals surface area contributed by atoms with Crippen LogP contribution in [0.2, 0.25) is 0 Å². The number of carbonyl (C=O) groups excluding carboxylic acids is 1. The summed E-state index contributed by atoms with van der Waals surface area (Å²) < 4.78 is 59.7. The first kappa shape index (κ1) is 18.2. The van der Waals surface area contributed by atoms with Crippen molar-refractivity contribution in [1.29, 1.82) is 0 Å². The third kappa shape index (κ3) is 3.97. The smallest absolute Gasteiger partial charge is 0.280 e. The Balaban J connectivity index is 1.60. The number of halogens is 2. The van der Waals surface area contributed by atoms with Gasteiger partial charge < -0.3 is 10.1 Å². The fraction of sp³-hybridized carbons (Fsp3) is 0.533. The van der Waals surface area contributed by atoms with E-state index in [1.807, 2.05) is 0 Å². The molecule has 2 N–H and O–H groups in total. The number of carbonyl (C=O) groups is 1. The fourth-order valence-electron chi connectivity index (χ4n) is 2.82. The lowest BCUT2D eigenvalue weighted by Crippen LogP contribution is -2.62. The lowest BCUT2D eigenvalue weighted by molar-refractivity contribution is -0.119. The van der Waals surface area contributed by atoms with Crippen LogP contribution in [0.3, 0.4) is 0 Å². The molecule has 10 heteroatoms. The number of amides is 1. The molecular weight excluding hydrogens is 356 g/mol. The zero-order valence-electron chi connectivity index (χ0n) is 13.6. The SMILES string of the molecule is CC1(NS(=O)(=O)N2CC[C@H](C(=O)Nc3ccc(F)c(F)c3)C2)COC1. The summed E-state index contributed by atoms with van der Waals surface area (Å²) in [5.41, 5.74) is -0.493. The molecule has 1 atom stereocenters. The molecule has 2 fully saturated rings. The lowest BCUT2D eigenvalue weighted by Gasteiger charge is -2.39. The van der Waals surface area contributed by atoms with Gasteiger partial charge in [0.25, 0.3) is 10.2 Å². The van der Waals surface area contributed by atoms with E-state index in [1.165, 1.54) is 10.4 Å². The number of benzene rings is 1. The average Bonchev–Trinajstić information content (AvgIpc) is 3.00. The summed E-state index contributed by atoms with van der Waals surface area (Å²) >= 11 is 0. The molecule has 0 saturated carbocycles. The van der Waals surface area contributed by atoms with E-state index in [2.05, 4.69) is 10.0 Å². The number of rotatable bonds is 5. The van der Waals surface area contributed by atoms with Gasteiger partial charge in [0.15, 0.2) is 11.6 Å². The standard InChI is InChI=1S/C15H19F2N3O4S/c1-15(8-24-9-15)19-25(22,23)20-5-4-10(7-20)14(21)18-11-2-3-12(16)13(17)6-11/h2-3,6,10,19H,4-5,7-9H2,1H3,(H,18,21)/t10-/m0/s1. The third-order valence-electron chi connectivity index (χ3n) is 4.27. The molecule has 7 nitrogen and oxygen atoms in total. The first-order valence-corrected chi connectivity index (χ1v) is 9.25. The summed E-state index contributed by atoms with van der Waals surface area (Å²) in [6, 6.07) is 3.05. The molecule has 0 radical (unpaired) electrons. The van der Waals surface area contributed by atoms with Crippen molar-refractivity contribution in [3.05, 3.63) is 29.8 Å². The molecule has 1 amide bonds. The van der Waals surface area contributed by atoms with Gasteiger partial charge in [-0.15, -0.1) is 0 Å². The Morgan fingerprint density at radius 3 is 2.64 bits per heavy atom. The molecule has 25 heavy (non-hydrogen) atoms. The van der Waals surface area contributed by atoms with Gasteiger partial charge in [-0.1, -0.05) is 0 Å². The summed E-state index contributed by atoms with van der Waals surface area (Å²) in [5.74, 6) is -3.05. The van der Waals surface area contributed by atoms with E-state index in [1.54, 1.807) is 6.92 Å². The van der Waals surface area contributed by atoms with Crippen molar-refractivity contribution in [2.45, 2.75) is 18.9 Å². The fourth-order valence-corrected chi connectivity index (χ4v) is 4.41. The topological polar surface area (TPSA) is 87.7 Å². The second-order valence-corrected chi connectivity index (χ2v) is 8.29. The van der Waals surface area contributed by atoms with Crippen molar-refractivity contribution in [3.8, 4) is 0 Å². The maximum atomic E-state index is 13.2. The van der Waals surface area contributed by atoms with Crippen LogP contribution < -0.4 is 10.0 Å². The lowest BCUT2D eigenvalue weighted by atomic mass is 10.0. The Morgan fingerprint density at radius 1 is 1.32 bits per heavy atom. The van der Waals surface area contributed by atoms with Gasteiger partial charge in [0, 0.05) is 24.8 Å². The molecule has 0 spiro atoms. The Hall–Kier alpha value is -1.62. The van der Waals surface area contributed by atoms with Crippen LogP contribution in [0.4, 0.5) is 14.5 Å². The third-order valence-corrected chi connectivity index (χ3v) is 6.03. The van der Waals surface area contributed by atoms with Crippen molar-refractivity contribution < 1.29 is 26.7 Å². The molecular formula is C15H19F2N3O4S. The van der Waals surface area contributed by atoms with E-state index in [0.29, 0.717) is 19.6 Å². The summed E-state index contributed by atoms with van der Waals surface area (Å²) in [4.78, 5) is 12.2. The molecule has 3 rings (SSSR count). The van der Waals surface area contributed by atoms with E-state index < -0.39 is 39.2 Å². The molecule has 0 aliphatic carbocycles. The van der Waals surface area contributed by atoms with E-state index >= 15 is 0 Å². The van der Waals surface area contributed by atoms with Crippen LogP contribution in [0.25, 0.3) is 0 Å². The quantitative estimate of drug-likeness (QED) is 0.799. The highest BCUT2D eigenvalue weighted by Gasteiger charge is 2.42. The molecule has 1 aromatic rings. The zero-order valence-corrected chi connectivity index (χ0v) is 14.4. The van der Waals surface area contributed by atoms with Gasteiger partial charge in [0.1, 0.15) is 0 Å². The minimum Gasteiger partial charge on any atom is -0.377 e. The summed E-state index contributed by atoms with van der Waals surface area (Å²) in [6.07, 6.45) is 0.351. The van der Waals surface area contributed by atoms with Gasteiger partial charge >= 0.3 is 0 Å². The van der Waals surface area contributed by atoms with Crippen molar-refractivity contribution in [3.63, 3.8) is 0 Å². The molecule has 2 aliphatic heterocycles. The number of hydrogen-bond donors (Lipinski definition) is 2. The van der Waals surface area contributed by atoms with Crippen molar-refractivity contribution in [2.75, 3.05) is 31.6 Å². The first-order chi connectivity index (χ1) is 11.7. The van der Waals surface area contributed by atoms with Crippen molar-refractivity contribution in [1.82, 2.24) is 9.03 Å². The second-order valence-electron chi connectivity index (χ2n) is 6.62. The van der Waals surface area contributed by atoms with E-state index in [9.17, 15) is 22.0 Å². The largest absolute Gasteiger partial charge is 0.377 e. The van der Waals surface area contributed by atoms with Crippen LogP contribution in [-0.4, -0.2) is 50.5 Å². The van der Waals surface area contributed by atoms with Gasteiger partial charge in [-0.05, 0) is 25.5 Å². The van der Waals surface area contributed by atoms with Gasteiger partial charge in [0.2, 0.25) is 5.91 Å². The van der Waals surface area contributed by atoms with E-state index in [4.69, 9.17) is 4.74 Å². The van der Waals surface area contributed by atoms with E-state index in [0.717, 1.165) is 12.1 Å². The highest BCUT2D eigenvalue weighted by atomic mass is 32.2. The normalized spacial score (nSPS) is 23.2. The summed E-state index contributed by atoms with van der Waals surface area (Å²) in [6.45, 7) is 2.60.